The van der Waals surface area contributed by atoms with Crippen LogP contribution in [0.1, 0.15) is 1.43 Å². The summed E-state index contributed by atoms with van der Waals surface area (Å²) in [4.78, 5) is 4.41. The lowest BCUT2D eigenvalue weighted by atomic mass is 10.1. The van der Waals surface area contributed by atoms with Gasteiger partial charge < -0.3 is 26.8 Å². The lowest BCUT2D eigenvalue weighted by Crippen LogP contribution is -2.06. The maximum atomic E-state index is 9.75. The van der Waals surface area contributed by atoms with Crippen LogP contribution in [0.5, 0.6) is 0 Å². The average molecular weight is 388 g/mol. The van der Waals surface area contributed by atoms with Crippen LogP contribution in [0.2, 0.25) is 5.02 Å². The Morgan fingerprint density at radius 2 is 1.69 bits per heavy atom. The van der Waals surface area contributed by atoms with Gasteiger partial charge in [-0.25, -0.2) is 0 Å². The zero-order valence-corrected chi connectivity index (χ0v) is 14.1. The number of hydrogen-bond donors (Lipinski definition) is 1. The summed E-state index contributed by atoms with van der Waals surface area (Å²) in [5.74, 6) is 0.738. The van der Waals surface area contributed by atoms with Crippen LogP contribution >= 0.6 is 11.6 Å². The largest absolute Gasteiger partial charge is 1.00 e. The van der Waals surface area contributed by atoms with Gasteiger partial charge in [-0.05, 0) is 18.2 Å². The Morgan fingerprint density at radius 3 is 2.31 bits per heavy atom. The van der Waals surface area contributed by atoms with Gasteiger partial charge in [0.15, 0.2) is 0 Å². The second-order valence-electron chi connectivity index (χ2n) is 5.10. The molecule has 0 aliphatic rings. The van der Waals surface area contributed by atoms with E-state index in [2.05, 4.69) is 4.99 Å². The van der Waals surface area contributed by atoms with Gasteiger partial charge in [-0.15, -0.1) is 0 Å². The van der Waals surface area contributed by atoms with E-state index in [1.165, 1.54) is 0 Å². The van der Waals surface area contributed by atoms with E-state index in [9.17, 15) is 17.3 Å². The highest BCUT2D eigenvalue weighted by atomic mass is 35.5. The summed E-state index contributed by atoms with van der Waals surface area (Å²) in [5, 5.41) is 11.2. The van der Waals surface area contributed by atoms with Gasteiger partial charge in [0.2, 0.25) is 0 Å². The zero-order chi connectivity index (χ0) is 19.2. The molecule has 3 rings (SSSR count). The molecule has 1 aromatic heterocycles. The van der Waals surface area contributed by atoms with Gasteiger partial charge in [-0.2, -0.15) is 0 Å². The highest BCUT2D eigenvalue weighted by Gasteiger charge is 2.20. The van der Waals surface area contributed by atoms with Crippen LogP contribution in [0.25, 0.3) is 22.3 Å². The summed E-state index contributed by atoms with van der Waals surface area (Å²) in [6.07, 6.45) is 0. The second kappa shape index (κ2) is 8.87. The summed E-state index contributed by atoms with van der Waals surface area (Å²) in [5.41, 5.74) is 1.70. The Hall–Kier alpha value is -2.32. The molecule has 0 fully saturated rings. The molecule has 0 aliphatic carbocycles. The maximum Gasteiger partial charge on any atom is 1.00 e. The Morgan fingerprint density at radius 1 is 1.04 bits per heavy atom. The number of aliphatic hydroxyl groups is 1. The molecule has 0 aliphatic heterocycles. The average Bonchev–Trinajstić information content (AvgIpc) is 2.59. The second-order valence-corrected chi connectivity index (χ2v) is 5.54. The number of aliphatic hydroxyl groups excluding tert-OH is 1. The van der Waals surface area contributed by atoms with Gasteiger partial charge in [0, 0.05) is 22.0 Å². The third-order valence-electron chi connectivity index (χ3n) is 3.15. The van der Waals surface area contributed by atoms with E-state index in [1.54, 1.807) is 6.07 Å². The minimum Gasteiger partial charge on any atom is -0.456 e. The molecule has 26 heavy (non-hydrogen) atoms. The number of halogens is 5. The van der Waals surface area contributed by atoms with Crippen molar-refractivity contribution < 1.29 is 28.2 Å². The first kappa shape index (κ1) is 20.0. The third-order valence-corrected chi connectivity index (χ3v) is 3.38. The molecule has 0 radical (unpaired) electrons. The molecule has 0 atom stereocenters. The minimum absolute atomic E-state index is 0. The molecule has 0 amide bonds. The van der Waals surface area contributed by atoms with Crippen molar-refractivity contribution >= 4 is 29.8 Å². The fourth-order valence-electron chi connectivity index (χ4n) is 2.19. The van der Waals surface area contributed by atoms with Gasteiger partial charge in [-0.3, -0.25) is 4.99 Å². The van der Waals surface area contributed by atoms with E-state index in [0.29, 0.717) is 11.6 Å². The highest BCUT2D eigenvalue weighted by Crippen LogP contribution is 2.23. The molecule has 0 saturated heterocycles. The SMILES string of the molecule is F[B-](F)(F)F.OCCN=c1cc(-c2ccccc2)oc2ccc(Cl)cc12.[H+]. The van der Waals surface area contributed by atoms with Crippen LogP contribution in [0.4, 0.5) is 17.3 Å². The molecule has 2 aromatic carbocycles. The van der Waals surface area contributed by atoms with Crippen molar-refractivity contribution in [3.8, 4) is 11.3 Å². The maximum absolute atomic E-state index is 9.75. The van der Waals surface area contributed by atoms with Gasteiger partial charge in [0.05, 0.1) is 18.5 Å². The summed E-state index contributed by atoms with van der Waals surface area (Å²) < 4.78 is 44.9. The number of benzene rings is 2. The predicted octanol–water partition coefficient (Wildman–Crippen LogP) is 5.06. The Kier molecular flexibility index (Phi) is 6.82. The van der Waals surface area contributed by atoms with E-state index < -0.39 is 7.25 Å². The fourth-order valence-corrected chi connectivity index (χ4v) is 2.36. The normalized spacial score (nSPS) is 12.0. The standard InChI is InChI=1S/C17H14ClNO2.BF4/c18-13-6-7-16-14(10-13)15(19-8-9-20)11-17(21-16)12-4-2-1-3-5-12;2-1(3,4)5/h1-7,10-11,20H,8-9H2;/q;-1/p+1. The van der Waals surface area contributed by atoms with Crippen LogP contribution < -0.4 is 5.36 Å². The van der Waals surface area contributed by atoms with Crippen LogP contribution in [-0.4, -0.2) is 25.5 Å². The minimum atomic E-state index is -6.00. The quantitative estimate of drug-likeness (QED) is 0.504. The third kappa shape index (κ3) is 6.20. The Bertz CT molecular complexity index is 930. The molecule has 0 unspecified atom stereocenters. The fraction of sp³-hybridized carbons (Fsp3) is 0.118. The summed E-state index contributed by atoms with van der Waals surface area (Å²) in [7, 11) is -6.00. The molecule has 1 heterocycles. The zero-order valence-electron chi connectivity index (χ0n) is 14.4. The van der Waals surface area contributed by atoms with Crippen molar-refractivity contribution in [2.24, 2.45) is 4.99 Å². The van der Waals surface area contributed by atoms with Crippen molar-refractivity contribution in [1.82, 2.24) is 0 Å². The van der Waals surface area contributed by atoms with Gasteiger partial charge in [0.1, 0.15) is 11.3 Å². The molecular weight excluding hydrogens is 372 g/mol. The lowest BCUT2D eigenvalue weighted by Gasteiger charge is -2.05. The molecule has 3 aromatic rings. The summed E-state index contributed by atoms with van der Waals surface area (Å²) >= 11 is 6.05. The smallest absolute Gasteiger partial charge is 0.456 e. The predicted molar refractivity (Wildman–Crippen MR) is 95.5 cm³/mol. The van der Waals surface area contributed by atoms with E-state index in [0.717, 1.165) is 27.7 Å². The lowest BCUT2D eigenvalue weighted by molar-refractivity contribution is 0.306. The first-order valence-corrected chi connectivity index (χ1v) is 7.93. The molecule has 0 saturated carbocycles. The Labute approximate surface area is 153 Å². The first-order chi connectivity index (χ1) is 12.3. The van der Waals surface area contributed by atoms with E-state index >= 15 is 0 Å². The number of hydrogen-bond acceptors (Lipinski definition) is 3. The van der Waals surface area contributed by atoms with Gasteiger partial charge in [0.25, 0.3) is 0 Å². The number of rotatable bonds is 3. The number of nitrogens with zero attached hydrogens (tertiary/aromatic N) is 1. The van der Waals surface area contributed by atoms with Crippen LogP contribution in [0, 0.1) is 0 Å². The summed E-state index contributed by atoms with van der Waals surface area (Å²) in [6, 6.07) is 17.2. The van der Waals surface area contributed by atoms with E-state index in [4.69, 9.17) is 21.1 Å². The van der Waals surface area contributed by atoms with E-state index in [-0.39, 0.29) is 8.03 Å². The molecule has 138 valence electrons. The topological polar surface area (TPSA) is 45.7 Å². The van der Waals surface area contributed by atoms with Gasteiger partial charge in [-0.1, -0.05) is 41.9 Å². The van der Waals surface area contributed by atoms with Gasteiger partial charge >= 0.3 is 8.68 Å². The van der Waals surface area contributed by atoms with Crippen molar-refractivity contribution in [3.63, 3.8) is 0 Å². The highest BCUT2D eigenvalue weighted by molar-refractivity contribution is 6.50. The number of fused-ring (bicyclic) bond motifs is 1. The van der Waals surface area contributed by atoms with Crippen LogP contribution in [0.15, 0.2) is 64.0 Å². The summed E-state index contributed by atoms with van der Waals surface area (Å²) in [6.45, 7) is 0.356. The van der Waals surface area contributed by atoms with Crippen LogP contribution in [-0.2, 0) is 0 Å². The van der Waals surface area contributed by atoms with Crippen molar-refractivity contribution in [2.45, 2.75) is 0 Å². The molecular formula is C17H15BClF4NO2. The van der Waals surface area contributed by atoms with Crippen molar-refractivity contribution in [1.29, 1.82) is 0 Å². The Balaban J connectivity index is 0.000000542. The molecule has 0 bridgehead atoms. The molecule has 1 N–H and O–H groups in total. The van der Waals surface area contributed by atoms with Crippen molar-refractivity contribution in [3.05, 3.63) is 65.0 Å². The van der Waals surface area contributed by atoms with E-state index in [1.807, 2.05) is 48.5 Å². The molecule has 0 spiro atoms. The monoisotopic (exact) mass is 387 g/mol. The first-order valence-electron chi connectivity index (χ1n) is 7.55. The molecule has 9 heteroatoms. The molecule has 3 nitrogen and oxygen atoms in total. The van der Waals surface area contributed by atoms with Crippen LogP contribution in [0.3, 0.4) is 0 Å². The van der Waals surface area contributed by atoms with Crippen molar-refractivity contribution in [2.75, 3.05) is 13.2 Å².